The van der Waals surface area contributed by atoms with Crippen LogP contribution in [0.15, 0.2) is 33.7 Å². The second kappa shape index (κ2) is 7.73. The molecule has 3 atom stereocenters. The van der Waals surface area contributed by atoms with Gasteiger partial charge in [-0.3, -0.25) is 0 Å². The van der Waals surface area contributed by atoms with Gasteiger partial charge in [0.25, 0.3) is 0 Å². The number of ether oxygens (including phenoxy) is 2. The lowest BCUT2D eigenvalue weighted by Gasteiger charge is -2.39. The second-order valence-corrected chi connectivity index (χ2v) is 7.69. The molecule has 2 aliphatic rings. The van der Waals surface area contributed by atoms with E-state index in [9.17, 15) is 4.39 Å². The van der Waals surface area contributed by atoms with Crippen molar-refractivity contribution in [2.45, 2.75) is 60.7 Å². The number of halogens is 1. The van der Waals surface area contributed by atoms with Crippen LogP contribution < -0.4 is 0 Å². The van der Waals surface area contributed by atoms with Gasteiger partial charge in [0.05, 0.1) is 13.2 Å². The first-order valence-corrected chi connectivity index (χ1v) is 8.89. The Kier molecular flexibility index (Phi) is 6.13. The number of alkyl halides is 1. The highest BCUT2D eigenvalue weighted by Crippen LogP contribution is 2.37. The molecular formula is C20H32FNO2. The minimum atomic E-state index is -0.881. The zero-order valence-electron chi connectivity index (χ0n) is 16.2. The van der Waals surface area contributed by atoms with E-state index in [1.807, 2.05) is 0 Å². The molecule has 24 heavy (non-hydrogen) atoms. The summed E-state index contributed by atoms with van der Waals surface area (Å²) in [5.74, 6) is 1.20. The third-order valence-corrected chi connectivity index (χ3v) is 4.54. The third-order valence-electron chi connectivity index (χ3n) is 4.54. The van der Waals surface area contributed by atoms with Crippen LogP contribution in [0.3, 0.4) is 0 Å². The van der Waals surface area contributed by atoms with E-state index >= 15 is 0 Å². The molecule has 3 nitrogen and oxygen atoms in total. The van der Waals surface area contributed by atoms with Crippen molar-refractivity contribution in [3.8, 4) is 0 Å². The van der Waals surface area contributed by atoms with E-state index in [-0.39, 0.29) is 12.0 Å². The van der Waals surface area contributed by atoms with Crippen LogP contribution in [0, 0.1) is 5.92 Å². The Bertz CT molecular complexity index is 562. The van der Waals surface area contributed by atoms with E-state index in [0.29, 0.717) is 19.8 Å². The van der Waals surface area contributed by atoms with Crippen molar-refractivity contribution in [2.75, 3.05) is 26.3 Å². The number of fused-ring (bicyclic) bond motifs is 1. The number of nitrogens with zero attached hydrogens (tertiary/aromatic N) is 1. The van der Waals surface area contributed by atoms with Gasteiger partial charge in [0.2, 0.25) is 0 Å². The van der Waals surface area contributed by atoms with Crippen molar-refractivity contribution in [1.82, 2.24) is 4.90 Å². The molecule has 0 bridgehead atoms. The second-order valence-electron chi connectivity index (χ2n) is 7.69. The molecule has 0 N–H and O–H groups in total. The van der Waals surface area contributed by atoms with E-state index in [1.54, 1.807) is 6.92 Å². The fraction of sp³-hybridized carbons (Fsp3) is 0.700. The van der Waals surface area contributed by atoms with Gasteiger partial charge in [-0.25, -0.2) is 4.39 Å². The predicted octanol–water partition coefficient (Wildman–Crippen LogP) is 4.62. The molecule has 2 rings (SSSR count). The van der Waals surface area contributed by atoms with E-state index in [2.05, 4.69) is 46.4 Å². The Morgan fingerprint density at radius 1 is 1.08 bits per heavy atom. The van der Waals surface area contributed by atoms with Crippen LogP contribution >= 0.6 is 0 Å². The zero-order chi connectivity index (χ0) is 18.0. The minimum absolute atomic E-state index is 0.0420. The first-order valence-electron chi connectivity index (χ1n) is 8.89. The molecule has 3 unspecified atom stereocenters. The minimum Gasteiger partial charge on any atom is -0.487 e. The average molecular weight is 337 g/mol. The highest BCUT2D eigenvalue weighted by molar-refractivity contribution is 5.49. The Balaban J connectivity index is 2.62. The summed E-state index contributed by atoms with van der Waals surface area (Å²) in [7, 11) is 0. The number of allylic oxidation sites excluding steroid dienone is 3. The van der Waals surface area contributed by atoms with Crippen LogP contribution in [0.2, 0.25) is 0 Å². The summed E-state index contributed by atoms with van der Waals surface area (Å²) in [6.45, 7) is 16.6. The lowest BCUT2D eigenvalue weighted by atomic mass is 9.94. The molecule has 2 aliphatic heterocycles. The van der Waals surface area contributed by atoms with Gasteiger partial charge in [0.1, 0.15) is 18.0 Å². The molecule has 0 spiro atoms. The third kappa shape index (κ3) is 4.02. The summed E-state index contributed by atoms with van der Waals surface area (Å²) < 4.78 is 26.0. The summed E-state index contributed by atoms with van der Waals surface area (Å²) in [5, 5.41) is 0. The fourth-order valence-electron chi connectivity index (χ4n) is 3.60. The Morgan fingerprint density at radius 2 is 1.75 bits per heavy atom. The molecule has 0 saturated carbocycles. The highest BCUT2D eigenvalue weighted by Gasteiger charge is 2.37. The van der Waals surface area contributed by atoms with Crippen LogP contribution in [0.1, 0.15) is 48.5 Å². The van der Waals surface area contributed by atoms with Crippen molar-refractivity contribution in [2.24, 2.45) is 5.92 Å². The topological polar surface area (TPSA) is 21.7 Å². The molecule has 2 fully saturated rings. The van der Waals surface area contributed by atoms with Gasteiger partial charge in [-0.2, -0.15) is 0 Å². The first-order chi connectivity index (χ1) is 11.2. The molecule has 0 aromatic rings. The Morgan fingerprint density at radius 3 is 2.25 bits per heavy atom. The molecular weight excluding hydrogens is 305 g/mol. The summed E-state index contributed by atoms with van der Waals surface area (Å²) in [6.07, 6.45) is -0.839. The van der Waals surface area contributed by atoms with Gasteiger partial charge in [-0.05, 0) is 54.0 Å². The van der Waals surface area contributed by atoms with Gasteiger partial charge >= 0.3 is 0 Å². The SMILES string of the molecule is CC(C)=C1OC2COCC2CN(CC(C)F)C(=C(C)C)C1=C(C)C. The zero-order valence-corrected chi connectivity index (χ0v) is 16.2. The summed E-state index contributed by atoms with van der Waals surface area (Å²) in [4.78, 5) is 2.21. The van der Waals surface area contributed by atoms with Crippen molar-refractivity contribution < 1.29 is 13.9 Å². The first kappa shape index (κ1) is 19.0. The monoisotopic (exact) mass is 337 g/mol. The number of hydrogen-bond donors (Lipinski definition) is 0. The van der Waals surface area contributed by atoms with E-state index in [1.165, 1.54) is 11.1 Å². The van der Waals surface area contributed by atoms with Crippen molar-refractivity contribution >= 4 is 0 Å². The number of hydrogen-bond acceptors (Lipinski definition) is 3. The number of rotatable bonds is 2. The van der Waals surface area contributed by atoms with Gasteiger partial charge in [0, 0.05) is 30.3 Å². The van der Waals surface area contributed by atoms with Crippen LogP contribution in [-0.4, -0.2) is 43.5 Å². The Labute approximate surface area is 146 Å². The lowest BCUT2D eigenvalue weighted by molar-refractivity contribution is 0.0621. The maximum absolute atomic E-state index is 13.9. The molecule has 2 saturated heterocycles. The Hall–Kier alpha value is -1.29. The van der Waals surface area contributed by atoms with Crippen LogP contribution in [0.4, 0.5) is 4.39 Å². The quantitative estimate of drug-likeness (QED) is 0.734. The molecule has 0 radical (unpaired) electrons. The fourth-order valence-corrected chi connectivity index (χ4v) is 3.60. The van der Waals surface area contributed by atoms with Crippen molar-refractivity contribution in [3.05, 3.63) is 33.7 Å². The van der Waals surface area contributed by atoms with Gasteiger partial charge in [0.15, 0.2) is 0 Å². The van der Waals surface area contributed by atoms with Crippen LogP contribution in [0.5, 0.6) is 0 Å². The molecule has 0 aromatic carbocycles. The predicted molar refractivity (Wildman–Crippen MR) is 96.4 cm³/mol. The molecule has 136 valence electrons. The molecule has 4 heteroatoms. The van der Waals surface area contributed by atoms with Gasteiger partial charge < -0.3 is 14.4 Å². The van der Waals surface area contributed by atoms with Crippen LogP contribution in [-0.2, 0) is 9.47 Å². The molecule has 2 heterocycles. The van der Waals surface area contributed by atoms with E-state index in [4.69, 9.17) is 9.47 Å². The van der Waals surface area contributed by atoms with Gasteiger partial charge in [-0.1, -0.05) is 11.1 Å². The molecule has 0 amide bonds. The average Bonchev–Trinajstić information content (AvgIpc) is 2.84. The molecule has 0 aliphatic carbocycles. The smallest absolute Gasteiger partial charge is 0.129 e. The lowest BCUT2D eigenvalue weighted by Crippen LogP contribution is -2.41. The highest BCUT2D eigenvalue weighted by atomic mass is 19.1. The summed E-state index contributed by atoms with van der Waals surface area (Å²) >= 11 is 0. The standard InChI is InChI=1S/C20H32FNO2/c1-12(2)18-19(13(3)4)22(8-15(7)21)9-16-10-23-11-17(16)24-20(18)14(5)6/h15-17H,8-11H2,1-7H3. The van der Waals surface area contributed by atoms with Crippen molar-refractivity contribution in [1.29, 1.82) is 0 Å². The maximum Gasteiger partial charge on any atom is 0.129 e. The van der Waals surface area contributed by atoms with E-state index in [0.717, 1.165) is 29.1 Å². The summed E-state index contributed by atoms with van der Waals surface area (Å²) in [5.41, 5.74) is 5.75. The van der Waals surface area contributed by atoms with Gasteiger partial charge in [-0.15, -0.1) is 0 Å². The maximum atomic E-state index is 13.9. The molecule has 0 aromatic heterocycles. The summed E-state index contributed by atoms with van der Waals surface area (Å²) in [6, 6.07) is 0. The van der Waals surface area contributed by atoms with E-state index < -0.39 is 6.17 Å². The van der Waals surface area contributed by atoms with Crippen LogP contribution in [0.25, 0.3) is 0 Å². The normalized spacial score (nSPS) is 25.7. The largest absolute Gasteiger partial charge is 0.487 e. The van der Waals surface area contributed by atoms with Crippen molar-refractivity contribution in [3.63, 3.8) is 0 Å².